The van der Waals surface area contributed by atoms with E-state index in [1.165, 1.54) is 0 Å². The minimum Gasteiger partial charge on any atom is -0.450 e. The number of hydrogen-bond donors (Lipinski definition) is 1. The number of rotatable bonds is 3. The zero-order chi connectivity index (χ0) is 10.4. The van der Waals surface area contributed by atoms with Crippen molar-refractivity contribution < 1.29 is 9.53 Å². The Morgan fingerprint density at radius 2 is 2.43 bits per heavy atom. The number of carbonyl (C=O) groups excluding carboxylic acids is 1. The highest BCUT2D eigenvalue weighted by atomic mass is 16.5. The molecule has 5 heteroatoms. The van der Waals surface area contributed by atoms with Crippen molar-refractivity contribution in [1.29, 1.82) is 0 Å². The first-order valence-corrected chi connectivity index (χ1v) is 4.44. The Morgan fingerprint density at radius 3 is 3.07 bits per heavy atom. The maximum Gasteiger partial charge on any atom is 0.411 e. The molecule has 0 fully saturated rings. The van der Waals surface area contributed by atoms with E-state index in [0.29, 0.717) is 12.3 Å². The van der Waals surface area contributed by atoms with E-state index in [1.54, 1.807) is 19.3 Å². The lowest BCUT2D eigenvalue weighted by Crippen LogP contribution is -2.17. The highest BCUT2D eigenvalue weighted by molar-refractivity contribution is 6.51. The molecular weight excluding hydrogens is 179 g/mol. The Labute approximate surface area is 83.9 Å². The number of carbonyl (C=O) groups is 1. The van der Waals surface area contributed by atoms with Crippen LogP contribution in [-0.2, 0) is 4.74 Å². The zero-order valence-corrected chi connectivity index (χ0v) is 8.28. The number of aromatic nitrogens is 1. The molecule has 0 atom stereocenters. The summed E-state index contributed by atoms with van der Waals surface area (Å²) in [4.78, 5) is 15.0. The molecule has 14 heavy (non-hydrogen) atoms. The summed E-state index contributed by atoms with van der Waals surface area (Å²) >= 11 is 0. The van der Waals surface area contributed by atoms with Gasteiger partial charge in [-0.25, -0.2) is 4.79 Å². The molecule has 1 rings (SSSR count). The number of nitrogens with zero attached hydrogens (tertiary/aromatic N) is 1. The van der Waals surface area contributed by atoms with Crippen molar-refractivity contribution in [3.63, 3.8) is 0 Å². The lowest BCUT2D eigenvalue weighted by molar-refractivity contribution is 0.168. The summed E-state index contributed by atoms with van der Waals surface area (Å²) in [7, 11) is 1.91. The smallest absolute Gasteiger partial charge is 0.411 e. The summed E-state index contributed by atoms with van der Waals surface area (Å²) in [6, 6.07) is 1.82. The summed E-state index contributed by atoms with van der Waals surface area (Å²) in [5.41, 5.74) is 1.60. The molecule has 0 aliphatic rings. The molecule has 1 amide bonds. The van der Waals surface area contributed by atoms with Crippen molar-refractivity contribution in [3.8, 4) is 0 Å². The van der Waals surface area contributed by atoms with Gasteiger partial charge in [0.2, 0.25) is 0 Å². The molecule has 0 aliphatic heterocycles. The molecule has 73 valence electrons. The van der Waals surface area contributed by atoms with Crippen LogP contribution in [0.3, 0.4) is 0 Å². The van der Waals surface area contributed by atoms with E-state index >= 15 is 0 Å². The Hall–Kier alpha value is -1.52. The molecule has 1 aromatic rings. The molecule has 0 aromatic carbocycles. The van der Waals surface area contributed by atoms with Crippen molar-refractivity contribution in [2.75, 3.05) is 11.9 Å². The fraction of sp³-hybridized carbons (Fsp3) is 0.333. The van der Waals surface area contributed by atoms with Crippen LogP contribution in [0.5, 0.6) is 0 Å². The van der Waals surface area contributed by atoms with Gasteiger partial charge in [0.1, 0.15) is 7.28 Å². The molecule has 0 saturated heterocycles. The Balaban J connectivity index is 2.62. The SMILES string of the molecule is C[B]c1cncc(NC(=O)OCC)c1. The summed E-state index contributed by atoms with van der Waals surface area (Å²) in [6.07, 6.45) is 2.84. The molecule has 1 aromatic heterocycles. The first-order chi connectivity index (χ1) is 6.76. The third-order valence-corrected chi connectivity index (χ3v) is 1.61. The van der Waals surface area contributed by atoms with Gasteiger partial charge < -0.3 is 4.74 Å². The molecule has 1 heterocycles. The fourth-order valence-corrected chi connectivity index (χ4v) is 0.969. The van der Waals surface area contributed by atoms with Gasteiger partial charge in [-0.2, -0.15) is 0 Å². The van der Waals surface area contributed by atoms with E-state index in [4.69, 9.17) is 4.74 Å². The van der Waals surface area contributed by atoms with Crippen LogP contribution in [0.25, 0.3) is 0 Å². The van der Waals surface area contributed by atoms with Crippen molar-refractivity contribution in [1.82, 2.24) is 4.98 Å². The Bertz CT molecular complexity index is 317. The van der Waals surface area contributed by atoms with Gasteiger partial charge in [0.25, 0.3) is 0 Å². The average molecular weight is 191 g/mol. The Kier molecular flexibility index (Phi) is 3.97. The minimum absolute atomic E-state index is 0.360. The average Bonchev–Trinajstić information content (AvgIpc) is 2.18. The summed E-state index contributed by atoms with van der Waals surface area (Å²) in [6.45, 7) is 4.03. The van der Waals surface area contributed by atoms with Crippen LogP contribution < -0.4 is 10.8 Å². The first-order valence-electron chi connectivity index (χ1n) is 4.44. The molecule has 0 bridgehead atoms. The molecular formula is C9H12BN2O2. The van der Waals surface area contributed by atoms with Gasteiger partial charge in [0.15, 0.2) is 0 Å². The van der Waals surface area contributed by atoms with E-state index in [0.717, 1.165) is 5.46 Å². The number of hydrogen-bond acceptors (Lipinski definition) is 3. The quantitative estimate of drug-likeness (QED) is 0.725. The largest absolute Gasteiger partial charge is 0.450 e. The van der Waals surface area contributed by atoms with Gasteiger partial charge >= 0.3 is 6.09 Å². The molecule has 1 N–H and O–H groups in total. The van der Waals surface area contributed by atoms with Crippen LogP contribution in [0.4, 0.5) is 10.5 Å². The van der Waals surface area contributed by atoms with Crippen LogP contribution in [0, 0.1) is 0 Å². The second-order valence-electron chi connectivity index (χ2n) is 2.64. The summed E-state index contributed by atoms with van der Waals surface area (Å²) in [5.74, 6) is 0. The molecule has 0 aliphatic carbocycles. The number of amides is 1. The van der Waals surface area contributed by atoms with Crippen LogP contribution in [0.2, 0.25) is 6.82 Å². The predicted octanol–water partition coefficient (Wildman–Crippen LogP) is 1.03. The van der Waals surface area contributed by atoms with E-state index in [-0.39, 0.29) is 0 Å². The molecule has 0 saturated carbocycles. The van der Waals surface area contributed by atoms with Crippen LogP contribution >= 0.6 is 0 Å². The van der Waals surface area contributed by atoms with E-state index < -0.39 is 6.09 Å². The number of anilines is 1. The fourth-order valence-electron chi connectivity index (χ4n) is 0.969. The van der Waals surface area contributed by atoms with Gasteiger partial charge in [-0.15, -0.1) is 0 Å². The normalized spacial score (nSPS) is 9.29. The van der Waals surface area contributed by atoms with Gasteiger partial charge in [0.05, 0.1) is 18.5 Å². The molecule has 4 nitrogen and oxygen atoms in total. The lowest BCUT2D eigenvalue weighted by atomic mass is 9.74. The molecule has 1 radical (unpaired) electrons. The monoisotopic (exact) mass is 191 g/mol. The van der Waals surface area contributed by atoms with Crippen molar-refractivity contribution >= 4 is 24.5 Å². The highest BCUT2D eigenvalue weighted by Crippen LogP contribution is 2.01. The lowest BCUT2D eigenvalue weighted by Gasteiger charge is -2.05. The summed E-state index contributed by atoms with van der Waals surface area (Å²) < 4.78 is 4.73. The molecule has 0 spiro atoms. The highest BCUT2D eigenvalue weighted by Gasteiger charge is 2.02. The van der Waals surface area contributed by atoms with Gasteiger partial charge in [-0.1, -0.05) is 12.3 Å². The van der Waals surface area contributed by atoms with E-state index in [9.17, 15) is 4.79 Å². The maximum atomic E-state index is 11.0. The van der Waals surface area contributed by atoms with E-state index in [2.05, 4.69) is 10.3 Å². The van der Waals surface area contributed by atoms with E-state index in [1.807, 2.05) is 20.2 Å². The first kappa shape index (κ1) is 10.6. The number of ether oxygens (including phenoxy) is 1. The number of nitrogens with one attached hydrogen (secondary N) is 1. The van der Waals surface area contributed by atoms with Gasteiger partial charge in [-0.05, 0) is 13.0 Å². The maximum absolute atomic E-state index is 11.0. The predicted molar refractivity (Wildman–Crippen MR) is 56.1 cm³/mol. The van der Waals surface area contributed by atoms with Crippen molar-refractivity contribution in [3.05, 3.63) is 18.5 Å². The zero-order valence-electron chi connectivity index (χ0n) is 8.28. The van der Waals surface area contributed by atoms with Gasteiger partial charge in [-0.3, -0.25) is 10.3 Å². The van der Waals surface area contributed by atoms with Gasteiger partial charge in [0, 0.05) is 6.20 Å². The minimum atomic E-state index is -0.456. The number of pyridine rings is 1. The molecule has 0 unspecified atom stereocenters. The van der Waals surface area contributed by atoms with Crippen molar-refractivity contribution in [2.45, 2.75) is 13.7 Å². The second-order valence-corrected chi connectivity index (χ2v) is 2.64. The summed E-state index contributed by atoms with van der Waals surface area (Å²) in [5, 5.41) is 2.57. The van der Waals surface area contributed by atoms with Crippen LogP contribution in [-0.4, -0.2) is 25.0 Å². The second kappa shape index (κ2) is 5.27. The van der Waals surface area contributed by atoms with Crippen LogP contribution in [0.15, 0.2) is 18.5 Å². The van der Waals surface area contributed by atoms with Crippen molar-refractivity contribution in [2.24, 2.45) is 0 Å². The standard InChI is InChI=1S/C9H12BN2O2/c1-3-14-9(13)12-8-4-7(10-2)5-11-6-8/h4-6H,3H2,1-2H3,(H,12,13). The van der Waals surface area contributed by atoms with Crippen LogP contribution in [0.1, 0.15) is 6.92 Å². The third kappa shape index (κ3) is 3.09. The Morgan fingerprint density at radius 1 is 1.64 bits per heavy atom. The topological polar surface area (TPSA) is 51.2 Å². The third-order valence-electron chi connectivity index (χ3n) is 1.61.